The molecule has 0 unspecified atom stereocenters. The fourth-order valence-electron chi connectivity index (χ4n) is 3.33. The van der Waals surface area contributed by atoms with Crippen molar-refractivity contribution >= 4 is 28.4 Å². The second kappa shape index (κ2) is 8.08. The largest absolute Gasteiger partial charge is 0.361 e. The number of nitrogens with one attached hydrogen (secondary N) is 3. The molecular weight excluding hydrogens is 338 g/mol. The summed E-state index contributed by atoms with van der Waals surface area (Å²) in [5.74, 6) is -1.00. The summed E-state index contributed by atoms with van der Waals surface area (Å²) in [6.45, 7) is 6.57. The smallest absolute Gasteiger partial charge is 0.313 e. The number of rotatable bonds is 5. The molecule has 0 spiro atoms. The van der Waals surface area contributed by atoms with Crippen molar-refractivity contribution in [2.24, 2.45) is 0 Å². The molecule has 0 fully saturated rings. The van der Waals surface area contributed by atoms with Crippen LogP contribution < -0.4 is 10.6 Å². The predicted molar refractivity (Wildman–Crippen MR) is 109 cm³/mol. The van der Waals surface area contributed by atoms with Gasteiger partial charge in [-0.3, -0.25) is 9.59 Å². The van der Waals surface area contributed by atoms with Crippen molar-refractivity contribution in [3.8, 4) is 0 Å². The molecule has 0 radical (unpaired) electrons. The van der Waals surface area contributed by atoms with Gasteiger partial charge in [-0.05, 0) is 48.1 Å². The molecule has 0 aliphatic heterocycles. The van der Waals surface area contributed by atoms with Crippen LogP contribution in [-0.2, 0) is 16.0 Å². The van der Waals surface area contributed by atoms with E-state index in [1.54, 1.807) is 0 Å². The lowest BCUT2D eigenvalue weighted by Crippen LogP contribution is -2.36. The standard InChI is InChI=1S/C22H25N3O2/c1-14(2)17-8-4-5-9-18(17)25-22(27)21(26)23-12-11-16-13-24-19-10-6-7-15(3)20(16)19/h4-10,13-14,24H,11-12H2,1-3H3,(H,23,26)(H,25,27). The van der Waals surface area contributed by atoms with Gasteiger partial charge in [-0.2, -0.15) is 0 Å². The number of aromatic amines is 1. The van der Waals surface area contributed by atoms with Gasteiger partial charge in [0.15, 0.2) is 0 Å². The number of carbonyl (C=O) groups is 2. The van der Waals surface area contributed by atoms with Gasteiger partial charge in [0.05, 0.1) is 0 Å². The number of fused-ring (bicyclic) bond motifs is 1. The molecule has 0 aliphatic carbocycles. The first-order valence-corrected chi connectivity index (χ1v) is 9.21. The van der Waals surface area contributed by atoms with E-state index in [0.29, 0.717) is 18.7 Å². The number of H-pyrrole nitrogens is 1. The third-order valence-electron chi connectivity index (χ3n) is 4.71. The fraction of sp³-hybridized carbons (Fsp3) is 0.273. The monoisotopic (exact) mass is 363 g/mol. The van der Waals surface area contributed by atoms with Crippen LogP contribution in [0.5, 0.6) is 0 Å². The highest BCUT2D eigenvalue weighted by molar-refractivity contribution is 6.39. The number of carbonyl (C=O) groups excluding carboxylic acids is 2. The highest BCUT2D eigenvalue weighted by atomic mass is 16.2. The number of anilines is 1. The van der Waals surface area contributed by atoms with E-state index in [9.17, 15) is 9.59 Å². The Morgan fingerprint density at radius 1 is 1.04 bits per heavy atom. The Balaban J connectivity index is 1.58. The van der Waals surface area contributed by atoms with Crippen LogP contribution in [0.15, 0.2) is 48.7 Å². The zero-order chi connectivity index (χ0) is 19.4. The van der Waals surface area contributed by atoms with Crippen LogP contribution in [-0.4, -0.2) is 23.3 Å². The second-order valence-electron chi connectivity index (χ2n) is 7.01. The summed E-state index contributed by atoms with van der Waals surface area (Å²) < 4.78 is 0. The summed E-state index contributed by atoms with van der Waals surface area (Å²) in [6.07, 6.45) is 2.62. The minimum Gasteiger partial charge on any atom is -0.361 e. The predicted octanol–water partition coefficient (Wildman–Crippen LogP) is 3.90. The first-order chi connectivity index (χ1) is 13.0. The Morgan fingerprint density at radius 2 is 1.81 bits per heavy atom. The molecule has 2 amide bonds. The number of aryl methyl sites for hydroxylation is 1. The number of hydrogen-bond acceptors (Lipinski definition) is 2. The normalized spacial score (nSPS) is 11.0. The van der Waals surface area contributed by atoms with E-state index in [0.717, 1.165) is 16.6 Å². The van der Waals surface area contributed by atoms with Crippen molar-refractivity contribution < 1.29 is 9.59 Å². The maximum Gasteiger partial charge on any atom is 0.313 e. The first-order valence-electron chi connectivity index (χ1n) is 9.21. The lowest BCUT2D eigenvalue weighted by atomic mass is 10.0. The van der Waals surface area contributed by atoms with Gasteiger partial charge in [0, 0.05) is 29.3 Å². The van der Waals surface area contributed by atoms with Crippen molar-refractivity contribution in [1.29, 1.82) is 0 Å². The molecule has 0 saturated heterocycles. The molecule has 27 heavy (non-hydrogen) atoms. The molecule has 0 saturated carbocycles. The van der Waals surface area contributed by atoms with Gasteiger partial charge in [-0.1, -0.05) is 44.2 Å². The van der Waals surface area contributed by atoms with Crippen LogP contribution in [0.3, 0.4) is 0 Å². The van der Waals surface area contributed by atoms with E-state index in [4.69, 9.17) is 0 Å². The second-order valence-corrected chi connectivity index (χ2v) is 7.01. The maximum absolute atomic E-state index is 12.2. The molecule has 0 bridgehead atoms. The van der Waals surface area contributed by atoms with E-state index in [1.807, 2.05) is 56.4 Å². The third kappa shape index (κ3) is 4.19. The molecule has 5 nitrogen and oxygen atoms in total. The van der Waals surface area contributed by atoms with Crippen molar-refractivity contribution in [1.82, 2.24) is 10.3 Å². The van der Waals surface area contributed by atoms with Gasteiger partial charge < -0.3 is 15.6 Å². The molecule has 3 rings (SSSR count). The Labute approximate surface area is 159 Å². The number of benzene rings is 2. The highest BCUT2D eigenvalue weighted by Gasteiger charge is 2.16. The first kappa shape index (κ1) is 18.7. The highest BCUT2D eigenvalue weighted by Crippen LogP contribution is 2.24. The average Bonchev–Trinajstić information content (AvgIpc) is 3.06. The Morgan fingerprint density at radius 3 is 2.59 bits per heavy atom. The molecule has 1 heterocycles. The van der Waals surface area contributed by atoms with Crippen LogP contribution in [0.1, 0.15) is 36.5 Å². The maximum atomic E-state index is 12.2. The molecule has 140 valence electrons. The number of amides is 2. The van der Waals surface area contributed by atoms with E-state index < -0.39 is 11.8 Å². The van der Waals surface area contributed by atoms with Crippen molar-refractivity contribution in [3.63, 3.8) is 0 Å². The minimum atomic E-state index is -0.641. The molecule has 1 aromatic heterocycles. The Hall–Kier alpha value is -3.08. The molecule has 0 aliphatic rings. The Bertz CT molecular complexity index is 973. The summed E-state index contributed by atoms with van der Waals surface area (Å²) in [6, 6.07) is 13.7. The van der Waals surface area contributed by atoms with Crippen LogP contribution in [0.25, 0.3) is 10.9 Å². The summed E-state index contributed by atoms with van der Waals surface area (Å²) in [7, 11) is 0. The summed E-state index contributed by atoms with van der Waals surface area (Å²) in [5.41, 5.74) is 5.10. The number of hydrogen-bond donors (Lipinski definition) is 3. The zero-order valence-corrected chi connectivity index (χ0v) is 15.9. The quantitative estimate of drug-likeness (QED) is 0.602. The topological polar surface area (TPSA) is 74.0 Å². The van der Waals surface area contributed by atoms with Crippen LogP contribution in [0.2, 0.25) is 0 Å². The van der Waals surface area contributed by atoms with E-state index in [2.05, 4.69) is 28.6 Å². The lowest BCUT2D eigenvalue weighted by Gasteiger charge is -2.13. The van der Waals surface area contributed by atoms with Crippen LogP contribution in [0, 0.1) is 6.92 Å². The van der Waals surface area contributed by atoms with E-state index >= 15 is 0 Å². The van der Waals surface area contributed by atoms with Gasteiger partial charge in [0.25, 0.3) is 0 Å². The van der Waals surface area contributed by atoms with Crippen molar-refractivity contribution in [2.75, 3.05) is 11.9 Å². The van der Waals surface area contributed by atoms with Crippen molar-refractivity contribution in [2.45, 2.75) is 33.1 Å². The van der Waals surface area contributed by atoms with Gasteiger partial charge in [0.1, 0.15) is 0 Å². The van der Waals surface area contributed by atoms with Crippen molar-refractivity contribution in [3.05, 3.63) is 65.4 Å². The summed E-state index contributed by atoms with van der Waals surface area (Å²) in [4.78, 5) is 27.6. The van der Waals surface area contributed by atoms with Gasteiger partial charge in [-0.15, -0.1) is 0 Å². The van der Waals surface area contributed by atoms with E-state index in [1.165, 1.54) is 10.9 Å². The van der Waals surface area contributed by atoms with Crippen LogP contribution >= 0.6 is 0 Å². The number of para-hydroxylation sites is 1. The molecule has 3 N–H and O–H groups in total. The van der Waals surface area contributed by atoms with Crippen LogP contribution in [0.4, 0.5) is 5.69 Å². The van der Waals surface area contributed by atoms with Gasteiger partial charge >= 0.3 is 11.8 Å². The lowest BCUT2D eigenvalue weighted by molar-refractivity contribution is -0.136. The molecule has 2 aromatic carbocycles. The van der Waals surface area contributed by atoms with Gasteiger partial charge in [-0.25, -0.2) is 0 Å². The fourth-order valence-corrected chi connectivity index (χ4v) is 3.33. The molecule has 0 atom stereocenters. The number of aromatic nitrogens is 1. The van der Waals surface area contributed by atoms with E-state index in [-0.39, 0.29) is 5.92 Å². The molecule has 5 heteroatoms. The summed E-state index contributed by atoms with van der Waals surface area (Å²) in [5, 5.41) is 6.61. The summed E-state index contributed by atoms with van der Waals surface area (Å²) >= 11 is 0. The zero-order valence-electron chi connectivity index (χ0n) is 15.9. The molecular formula is C22H25N3O2. The average molecular weight is 363 g/mol. The van der Waals surface area contributed by atoms with Gasteiger partial charge in [0.2, 0.25) is 0 Å². The minimum absolute atomic E-state index is 0.259. The third-order valence-corrected chi connectivity index (χ3v) is 4.71. The SMILES string of the molecule is Cc1cccc2[nH]cc(CCNC(=O)C(=O)Nc3ccccc3C(C)C)c12. The molecule has 3 aromatic rings. The Kier molecular flexibility index (Phi) is 5.60.